The fourth-order valence-corrected chi connectivity index (χ4v) is 1.71. The van der Waals surface area contributed by atoms with Crippen molar-refractivity contribution in [3.8, 4) is 0 Å². The minimum absolute atomic E-state index is 0.261. The fourth-order valence-electron chi connectivity index (χ4n) is 1.44. The van der Waals surface area contributed by atoms with Gasteiger partial charge in [-0.1, -0.05) is 31.5 Å². The Morgan fingerprint density at radius 1 is 1.43 bits per heavy atom. The summed E-state index contributed by atoms with van der Waals surface area (Å²) in [5.41, 5.74) is 2.38. The molecule has 1 aromatic carbocycles. The third-order valence-corrected chi connectivity index (χ3v) is 2.63. The standard InChI is InChI=1S/C12H15ClO/c1-3-10-6-11(8-12(13)7-10)9(2)4-5-14/h5-9H,3-4H2,1-2H3. The first-order chi connectivity index (χ1) is 6.67. The summed E-state index contributed by atoms with van der Waals surface area (Å²) >= 11 is 5.98. The average molecular weight is 211 g/mol. The zero-order chi connectivity index (χ0) is 10.6. The molecule has 0 aliphatic heterocycles. The van der Waals surface area contributed by atoms with E-state index >= 15 is 0 Å². The highest BCUT2D eigenvalue weighted by molar-refractivity contribution is 6.30. The van der Waals surface area contributed by atoms with Gasteiger partial charge in [0.1, 0.15) is 6.29 Å². The van der Waals surface area contributed by atoms with Gasteiger partial charge in [0.05, 0.1) is 0 Å². The molecule has 0 aliphatic rings. The van der Waals surface area contributed by atoms with E-state index in [1.165, 1.54) is 5.56 Å². The lowest BCUT2D eigenvalue weighted by molar-refractivity contribution is -0.108. The van der Waals surface area contributed by atoms with Crippen molar-refractivity contribution in [1.29, 1.82) is 0 Å². The van der Waals surface area contributed by atoms with Crippen LogP contribution < -0.4 is 0 Å². The lowest BCUT2D eigenvalue weighted by Crippen LogP contribution is -1.95. The van der Waals surface area contributed by atoms with Crippen molar-refractivity contribution in [1.82, 2.24) is 0 Å². The molecule has 0 saturated heterocycles. The van der Waals surface area contributed by atoms with E-state index in [0.29, 0.717) is 6.42 Å². The molecule has 0 aliphatic carbocycles. The summed E-state index contributed by atoms with van der Waals surface area (Å²) < 4.78 is 0. The van der Waals surface area contributed by atoms with Gasteiger partial charge in [0.25, 0.3) is 0 Å². The van der Waals surface area contributed by atoms with Crippen LogP contribution in [0, 0.1) is 0 Å². The lowest BCUT2D eigenvalue weighted by Gasteiger charge is -2.10. The second-order valence-corrected chi connectivity index (χ2v) is 3.99. The third kappa shape index (κ3) is 2.85. The van der Waals surface area contributed by atoms with Crippen molar-refractivity contribution < 1.29 is 4.79 Å². The molecule has 2 heteroatoms. The number of halogens is 1. The van der Waals surface area contributed by atoms with Crippen LogP contribution in [0.4, 0.5) is 0 Å². The van der Waals surface area contributed by atoms with E-state index in [4.69, 9.17) is 11.6 Å². The molecule has 1 atom stereocenters. The molecular formula is C12H15ClO. The largest absolute Gasteiger partial charge is 0.303 e. The number of rotatable bonds is 4. The number of carbonyl (C=O) groups is 1. The summed E-state index contributed by atoms with van der Waals surface area (Å²) in [6.45, 7) is 4.14. The Morgan fingerprint density at radius 3 is 2.71 bits per heavy atom. The maximum atomic E-state index is 10.4. The molecule has 0 N–H and O–H groups in total. The molecule has 76 valence electrons. The number of hydrogen-bond acceptors (Lipinski definition) is 1. The zero-order valence-electron chi connectivity index (χ0n) is 8.59. The van der Waals surface area contributed by atoms with Gasteiger partial charge in [-0.3, -0.25) is 0 Å². The van der Waals surface area contributed by atoms with Crippen LogP contribution in [0.5, 0.6) is 0 Å². The number of aldehydes is 1. The van der Waals surface area contributed by atoms with Crippen molar-refractivity contribution in [2.24, 2.45) is 0 Å². The topological polar surface area (TPSA) is 17.1 Å². The molecule has 14 heavy (non-hydrogen) atoms. The summed E-state index contributed by atoms with van der Waals surface area (Å²) in [4.78, 5) is 10.4. The normalized spacial score (nSPS) is 12.5. The Morgan fingerprint density at radius 2 is 2.14 bits per heavy atom. The van der Waals surface area contributed by atoms with Gasteiger partial charge in [0.2, 0.25) is 0 Å². The van der Waals surface area contributed by atoms with Crippen molar-refractivity contribution in [2.45, 2.75) is 32.6 Å². The molecule has 0 aromatic heterocycles. The van der Waals surface area contributed by atoms with E-state index in [1.54, 1.807) is 0 Å². The number of carbonyl (C=O) groups excluding carboxylic acids is 1. The van der Waals surface area contributed by atoms with Crippen molar-refractivity contribution in [3.05, 3.63) is 34.3 Å². The average Bonchev–Trinajstić information content (AvgIpc) is 2.17. The molecule has 0 bridgehead atoms. The van der Waals surface area contributed by atoms with Gasteiger partial charge < -0.3 is 4.79 Å². The van der Waals surface area contributed by atoms with Crippen LogP contribution in [-0.2, 0) is 11.2 Å². The maximum Gasteiger partial charge on any atom is 0.120 e. The molecule has 0 heterocycles. The predicted octanol–water partition coefficient (Wildman–Crippen LogP) is 3.59. The van der Waals surface area contributed by atoms with E-state index < -0.39 is 0 Å². The summed E-state index contributed by atoms with van der Waals surface area (Å²) in [6.07, 6.45) is 2.49. The Kier molecular flexibility index (Phi) is 4.15. The highest BCUT2D eigenvalue weighted by atomic mass is 35.5. The van der Waals surface area contributed by atoms with E-state index in [0.717, 1.165) is 23.3 Å². The van der Waals surface area contributed by atoms with Gasteiger partial charge in [0, 0.05) is 11.4 Å². The summed E-state index contributed by atoms with van der Waals surface area (Å²) in [5, 5.41) is 0.761. The first kappa shape index (κ1) is 11.3. The second kappa shape index (κ2) is 5.16. The highest BCUT2D eigenvalue weighted by Crippen LogP contribution is 2.23. The summed E-state index contributed by atoms with van der Waals surface area (Å²) in [6, 6.07) is 6.04. The Labute approximate surface area is 90.1 Å². The third-order valence-electron chi connectivity index (χ3n) is 2.41. The molecule has 0 saturated carbocycles. The van der Waals surface area contributed by atoms with Crippen LogP contribution in [0.1, 0.15) is 37.3 Å². The van der Waals surface area contributed by atoms with Gasteiger partial charge in [-0.05, 0) is 35.6 Å². The minimum Gasteiger partial charge on any atom is -0.303 e. The number of benzene rings is 1. The van der Waals surface area contributed by atoms with E-state index in [2.05, 4.69) is 13.0 Å². The van der Waals surface area contributed by atoms with Crippen LogP contribution in [0.2, 0.25) is 5.02 Å². The monoisotopic (exact) mass is 210 g/mol. The molecule has 1 nitrogen and oxygen atoms in total. The van der Waals surface area contributed by atoms with E-state index in [-0.39, 0.29) is 5.92 Å². The Bertz CT molecular complexity index is 320. The van der Waals surface area contributed by atoms with Gasteiger partial charge >= 0.3 is 0 Å². The quantitative estimate of drug-likeness (QED) is 0.695. The highest BCUT2D eigenvalue weighted by Gasteiger charge is 2.06. The molecule has 0 spiro atoms. The lowest BCUT2D eigenvalue weighted by atomic mass is 9.96. The van der Waals surface area contributed by atoms with Crippen molar-refractivity contribution in [2.75, 3.05) is 0 Å². The van der Waals surface area contributed by atoms with Gasteiger partial charge in [0.15, 0.2) is 0 Å². The minimum atomic E-state index is 0.261. The first-order valence-corrected chi connectivity index (χ1v) is 5.28. The second-order valence-electron chi connectivity index (χ2n) is 3.55. The van der Waals surface area contributed by atoms with Crippen molar-refractivity contribution >= 4 is 17.9 Å². The van der Waals surface area contributed by atoms with Crippen LogP contribution in [0.15, 0.2) is 18.2 Å². The molecule has 1 aromatic rings. The Hall–Kier alpha value is -0.820. The number of aryl methyl sites for hydroxylation is 1. The van der Waals surface area contributed by atoms with Crippen molar-refractivity contribution in [3.63, 3.8) is 0 Å². The predicted molar refractivity (Wildman–Crippen MR) is 59.9 cm³/mol. The fraction of sp³-hybridized carbons (Fsp3) is 0.417. The molecular weight excluding hydrogens is 196 g/mol. The molecule has 0 radical (unpaired) electrons. The van der Waals surface area contributed by atoms with Crippen LogP contribution in [0.3, 0.4) is 0 Å². The van der Waals surface area contributed by atoms with Crippen LogP contribution in [-0.4, -0.2) is 6.29 Å². The maximum absolute atomic E-state index is 10.4. The van der Waals surface area contributed by atoms with E-state index in [9.17, 15) is 4.79 Å². The Balaban J connectivity index is 2.96. The SMILES string of the molecule is CCc1cc(Cl)cc(C(C)CC=O)c1. The van der Waals surface area contributed by atoms with E-state index in [1.807, 2.05) is 19.1 Å². The van der Waals surface area contributed by atoms with Crippen LogP contribution >= 0.6 is 11.6 Å². The smallest absolute Gasteiger partial charge is 0.120 e. The zero-order valence-corrected chi connectivity index (χ0v) is 9.34. The molecule has 1 unspecified atom stereocenters. The first-order valence-electron chi connectivity index (χ1n) is 4.90. The van der Waals surface area contributed by atoms with Crippen LogP contribution in [0.25, 0.3) is 0 Å². The molecule has 0 fully saturated rings. The number of hydrogen-bond donors (Lipinski definition) is 0. The van der Waals surface area contributed by atoms with Gasteiger partial charge in [-0.2, -0.15) is 0 Å². The van der Waals surface area contributed by atoms with Gasteiger partial charge in [-0.25, -0.2) is 0 Å². The summed E-state index contributed by atoms with van der Waals surface area (Å²) in [7, 11) is 0. The van der Waals surface area contributed by atoms with Gasteiger partial charge in [-0.15, -0.1) is 0 Å². The molecule has 0 amide bonds. The summed E-state index contributed by atoms with van der Waals surface area (Å²) in [5.74, 6) is 0.261. The molecule has 1 rings (SSSR count).